The molecule has 0 fully saturated rings. The van der Waals surface area contributed by atoms with Crippen LogP contribution in [0.4, 0.5) is 5.69 Å². The first-order valence-corrected chi connectivity index (χ1v) is 16.1. The molecule has 0 saturated carbocycles. The lowest BCUT2D eigenvalue weighted by atomic mass is 10.0. The van der Waals surface area contributed by atoms with Crippen LogP contribution >= 0.6 is 0 Å². The monoisotopic (exact) mass is 624 g/mol. The molecule has 0 radical (unpaired) electrons. The summed E-state index contributed by atoms with van der Waals surface area (Å²) in [7, 11) is 0. The van der Waals surface area contributed by atoms with E-state index in [2.05, 4.69) is 111 Å². The Bertz CT molecular complexity index is 3070. The highest BCUT2D eigenvalue weighted by Crippen LogP contribution is 2.41. The maximum atomic E-state index is 10.1. The maximum absolute atomic E-state index is 10.1. The molecule has 0 amide bonds. The van der Waals surface area contributed by atoms with Gasteiger partial charge in [-0.3, -0.25) is 0 Å². The minimum absolute atomic E-state index is 0.581. The molecule has 0 aliphatic carbocycles. The zero-order chi connectivity index (χ0) is 32.6. The number of benzene rings is 7. The van der Waals surface area contributed by atoms with Crippen molar-refractivity contribution in [3.8, 4) is 28.6 Å². The molecule has 7 aromatic carbocycles. The van der Waals surface area contributed by atoms with Crippen molar-refractivity contribution in [1.29, 1.82) is 5.26 Å². The molecule has 0 unspecified atom stereocenters. The van der Waals surface area contributed by atoms with Gasteiger partial charge in [0, 0.05) is 32.9 Å². The van der Waals surface area contributed by atoms with Gasteiger partial charge in [-0.1, -0.05) is 72.8 Å². The Kier molecular flexibility index (Phi) is 5.64. The molecule has 0 spiro atoms. The molecule has 0 atom stereocenters. The summed E-state index contributed by atoms with van der Waals surface area (Å²) in [5.74, 6) is 0. The van der Waals surface area contributed by atoms with E-state index in [4.69, 9.17) is 11.0 Å². The van der Waals surface area contributed by atoms with E-state index in [1.165, 1.54) is 0 Å². The van der Waals surface area contributed by atoms with Crippen LogP contribution in [0.15, 0.2) is 150 Å². The molecule has 0 aliphatic heterocycles. The average Bonchev–Trinajstić information content (AvgIpc) is 3.82. The average molecular weight is 625 g/mol. The van der Waals surface area contributed by atoms with Gasteiger partial charge >= 0.3 is 0 Å². The molecule has 5 nitrogen and oxygen atoms in total. The second-order valence-electron chi connectivity index (χ2n) is 12.4. The number of fused-ring (bicyclic) bond motifs is 10. The Hall–Kier alpha value is -7.08. The predicted molar refractivity (Wildman–Crippen MR) is 199 cm³/mol. The highest BCUT2D eigenvalue weighted by Gasteiger charge is 2.19. The molecular formula is C44H24N4O. The number of hydrogen-bond acceptors (Lipinski definition) is 2. The molecule has 10 aromatic rings. The first-order chi connectivity index (χ1) is 24.2. The van der Waals surface area contributed by atoms with Crippen LogP contribution in [0.5, 0.6) is 0 Å². The molecule has 10 rings (SSSR count). The van der Waals surface area contributed by atoms with Crippen molar-refractivity contribution in [2.45, 2.75) is 0 Å². The minimum Gasteiger partial charge on any atom is -0.455 e. The fourth-order valence-corrected chi connectivity index (χ4v) is 7.60. The zero-order valence-corrected chi connectivity index (χ0v) is 26.1. The van der Waals surface area contributed by atoms with E-state index in [9.17, 15) is 5.26 Å². The lowest BCUT2D eigenvalue weighted by molar-refractivity contribution is 0.673. The van der Waals surface area contributed by atoms with Gasteiger partial charge in [-0.25, -0.2) is 4.85 Å². The molecule has 226 valence electrons. The highest BCUT2D eigenvalue weighted by atomic mass is 16.3. The van der Waals surface area contributed by atoms with Gasteiger partial charge in [0.25, 0.3) is 0 Å². The Morgan fingerprint density at radius 1 is 0.531 bits per heavy atom. The second kappa shape index (κ2) is 10.2. The number of furan rings is 1. The molecule has 49 heavy (non-hydrogen) atoms. The molecule has 3 heterocycles. The van der Waals surface area contributed by atoms with E-state index in [0.717, 1.165) is 88.1 Å². The van der Waals surface area contributed by atoms with Crippen molar-refractivity contribution >= 4 is 71.2 Å². The number of rotatable bonds is 3. The van der Waals surface area contributed by atoms with Gasteiger partial charge in [-0.15, -0.1) is 0 Å². The zero-order valence-electron chi connectivity index (χ0n) is 26.1. The van der Waals surface area contributed by atoms with Crippen molar-refractivity contribution in [3.63, 3.8) is 0 Å². The normalized spacial score (nSPS) is 11.6. The van der Waals surface area contributed by atoms with E-state index in [0.29, 0.717) is 11.3 Å². The third kappa shape index (κ3) is 3.91. The molecular weight excluding hydrogens is 601 g/mol. The van der Waals surface area contributed by atoms with Crippen LogP contribution < -0.4 is 0 Å². The fraction of sp³-hybridized carbons (Fsp3) is 0. The highest BCUT2D eigenvalue weighted by molar-refractivity contribution is 6.23. The lowest BCUT2D eigenvalue weighted by Crippen LogP contribution is -1.96. The van der Waals surface area contributed by atoms with Gasteiger partial charge in [0.15, 0.2) is 5.69 Å². The third-order valence-electron chi connectivity index (χ3n) is 9.73. The van der Waals surface area contributed by atoms with Gasteiger partial charge in [0.05, 0.1) is 45.7 Å². The summed E-state index contributed by atoms with van der Waals surface area (Å²) in [6.45, 7) is 7.54. The molecule has 0 bridgehead atoms. The largest absolute Gasteiger partial charge is 0.455 e. The molecule has 0 N–H and O–H groups in total. The van der Waals surface area contributed by atoms with Crippen LogP contribution in [-0.2, 0) is 0 Å². The van der Waals surface area contributed by atoms with Crippen LogP contribution in [0.1, 0.15) is 5.56 Å². The van der Waals surface area contributed by atoms with Crippen molar-refractivity contribution in [1.82, 2.24) is 9.13 Å². The summed E-state index contributed by atoms with van der Waals surface area (Å²) in [6, 6.07) is 52.0. The van der Waals surface area contributed by atoms with Crippen molar-refractivity contribution in [2.75, 3.05) is 0 Å². The van der Waals surface area contributed by atoms with Gasteiger partial charge in [0.2, 0.25) is 0 Å². The topological polar surface area (TPSA) is 51.1 Å². The van der Waals surface area contributed by atoms with Crippen LogP contribution in [0.25, 0.3) is 92.9 Å². The van der Waals surface area contributed by atoms with Crippen molar-refractivity contribution in [2.24, 2.45) is 0 Å². The van der Waals surface area contributed by atoms with E-state index in [1.807, 2.05) is 54.6 Å². The number of nitrogens with zero attached hydrogens (tertiary/aromatic N) is 4. The second-order valence-corrected chi connectivity index (χ2v) is 12.4. The number of aromatic nitrogens is 2. The summed E-state index contributed by atoms with van der Waals surface area (Å²) in [4.78, 5) is 3.66. The summed E-state index contributed by atoms with van der Waals surface area (Å²) in [5.41, 5.74) is 11.1. The van der Waals surface area contributed by atoms with Crippen LogP contribution in [0, 0.1) is 17.9 Å². The van der Waals surface area contributed by atoms with Crippen LogP contribution in [0.3, 0.4) is 0 Å². The van der Waals surface area contributed by atoms with Gasteiger partial charge in [-0.05, 0) is 89.3 Å². The lowest BCUT2D eigenvalue weighted by Gasteiger charge is -2.13. The maximum Gasteiger partial charge on any atom is 0.188 e. The number of hydrogen-bond donors (Lipinski definition) is 0. The standard InChI is InChI=1S/C44H24N4O/c1-46-30-16-20-40-37(25-30)33-8-2-5-11-38(33)48(40)32-23-27(26-45)22-29(24-32)28-14-17-31(18-15-28)47-39-12-6-3-10-36(39)43-41(47)21-19-35-34-9-4-7-13-42(34)49-44(35)43/h2-25H. The first kappa shape index (κ1) is 27.1. The Morgan fingerprint density at radius 2 is 1.20 bits per heavy atom. The number of nitriles is 1. The smallest absolute Gasteiger partial charge is 0.188 e. The van der Waals surface area contributed by atoms with E-state index < -0.39 is 0 Å². The van der Waals surface area contributed by atoms with Gasteiger partial charge in [0.1, 0.15) is 11.2 Å². The van der Waals surface area contributed by atoms with Crippen molar-refractivity contribution in [3.05, 3.63) is 163 Å². The van der Waals surface area contributed by atoms with E-state index in [-0.39, 0.29) is 0 Å². The Balaban J connectivity index is 1.14. The van der Waals surface area contributed by atoms with E-state index in [1.54, 1.807) is 0 Å². The number of para-hydroxylation sites is 3. The first-order valence-electron chi connectivity index (χ1n) is 16.1. The molecule has 0 aliphatic rings. The van der Waals surface area contributed by atoms with Crippen molar-refractivity contribution < 1.29 is 4.42 Å². The minimum atomic E-state index is 0.581. The SMILES string of the molecule is [C-]#[N+]c1ccc2c(c1)c1ccccc1n2-c1cc(C#N)cc(-c2ccc(-n3c4ccccc4c4c5oc6ccccc6c5ccc43)cc2)c1. The van der Waals surface area contributed by atoms with Gasteiger partial charge in [-0.2, -0.15) is 5.26 Å². The van der Waals surface area contributed by atoms with Crippen LogP contribution in [-0.4, -0.2) is 9.13 Å². The van der Waals surface area contributed by atoms with Gasteiger partial charge < -0.3 is 13.6 Å². The third-order valence-corrected chi connectivity index (χ3v) is 9.73. The summed E-state index contributed by atoms with van der Waals surface area (Å²) >= 11 is 0. The quantitative estimate of drug-likeness (QED) is 0.184. The molecule has 0 saturated heterocycles. The summed E-state index contributed by atoms with van der Waals surface area (Å²) in [6.07, 6.45) is 0. The van der Waals surface area contributed by atoms with Crippen LogP contribution in [0.2, 0.25) is 0 Å². The Labute approximate surface area is 280 Å². The predicted octanol–water partition coefficient (Wildman–Crippen LogP) is 11.9. The summed E-state index contributed by atoms with van der Waals surface area (Å²) < 4.78 is 11.0. The Morgan fingerprint density at radius 3 is 2.00 bits per heavy atom. The molecule has 3 aromatic heterocycles. The fourth-order valence-electron chi connectivity index (χ4n) is 7.60. The van der Waals surface area contributed by atoms with E-state index >= 15 is 0 Å². The molecule has 5 heteroatoms. The summed E-state index contributed by atoms with van der Waals surface area (Å²) in [5, 5.41) is 16.7.